The number of rotatable bonds is 6. The van der Waals surface area contributed by atoms with Crippen LogP contribution in [0.5, 0.6) is 0 Å². The van der Waals surface area contributed by atoms with Crippen molar-refractivity contribution in [1.29, 1.82) is 0 Å². The first-order valence-corrected chi connectivity index (χ1v) is 12.1. The van der Waals surface area contributed by atoms with E-state index in [9.17, 15) is 22.8 Å². The van der Waals surface area contributed by atoms with Crippen molar-refractivity contribution in [2.24, 2.45) is 5.92 Å². The van der Waals surface area contributed by atoms with Gasteiger partial charge in [0.1, 0.15) is 6.04 Å². The Balaban J connectivity index is 1.40. The lowest BCUT2D eigenvalue weighted by molar-refractivity contribution is -0.136. The number of nitrogens with zero attached hydrogens (tertiary/aromatic N) is 3. The number of amides is 3. The van der Waals surface area contributed by atoms with E-state index in [-0.39, 0.29) is 36.2 Å². The normalized spacial score (nSPS) is 21.3. The summed E-state index contributed by atoms with van der Waals surface area (Å²) in [5, 5.41) is 6.52. The molecule has 1 aromatic carbocycles. The quantitative estimate of drug-likeness (QED) is 0.628. The van der Waals surface area contributed by atoms with Crippen LogP contribution in [0.4, 0.5) is 5.69 Å². The molecule has 2 fully saturated rings. The van der Waals surface area contributed by atoms with Gasteiger partial charge in [-0.15, -0.1) is 0 Å². The van der Waals surface area contributed by atoms with Crippen molar-refractivity contribution in [3.8, 4) is 0 Å². The maximum absolute atomic E-state index is 13.2. The van der Waals surface area contributed by atoms with E-state index in [0.29, 0.717) is 29.3 Å². The summed E-state index contributed by atoms with van der Waals surface area (Å²) in [7, 11) is -3.93. The van der Waals surface area contributed by atoms with E-state index in [1.54, 1.807) is 18.2 Å². The molecule has 11 heteroatoms. The van der Waals surface area contributed by atoms with Crippen LogP contribution in [0.2, 0.25) is 0 Å². The average Bonchev–Trinajstić information content (AvgIpc) is 3.31. The van der Waals surface area contributed by atoms with Crippen LogP contribution in [0.25, 0.3) is 0 Å². The molecule has 3 aliphatic rings. The summed E-state index contributed by atoms with van der Waals surface area (Å²) in [6.45, 7) is 0.637. The van der Waals surface area contributed by atoms with Crippen LogP contribution in [0.3, 0.4) is 0 Å². The predicted molar refractivity (Wildman–Crippen MR) is 113 cm³/mol. The Hall–Kier alpha value is -3.21. The number of piperidine rings is 1. The fraction of sp³-hybridized carbons (Fsp3) is 0.429. The highest BCUT2D eigenvalue weighted by Crippen LogP contribution is 2.34. The van der Waals surface area contributed by atoms with Gasteiger partial charge in [-0.1, -0.05) is 12.5 Å². The molecular formula is C21H23N5O5S. The first-order valence-electron chi connectivity index (χ1n) is 10.6. The molecule has 168 valence electrons. The zero-order chi connectivity index (χ0) is 22.5. The van der Waals surface area contributed by atoms with Crippen molar-refractivity contribution in [2.75, 3.05) is 4.72 Å². The number of nitrogens with one attached hydrogen (secondary N) is 2. The molecule has 1 saturated heterocycles. The third kappa shape index (κ3) is 3.56. The van der Waals surface area contributed by atoms with E-state index in [1.165, 1.54) is 21.8 Å². The van der Waals surface area contributed by atoms with E-state index < -0.39 is 22.0 Å². The lowest BCUT2D eigenvalue weighted by atomic mass is 9.85. The number of anilines is 1. The molecule has 0 bridgehead atoms. The van der Waals surface area contributed by atoms with Crippen molar-refractivity contribution in [1.82, 2.24) is 20.0 Å². The Labute approximate surface area is 185 Å². The standard InChI is InChI=1S/C21H23N5O5S/c27-18-8-7-17(20(28)23-18)25-12-15-14(21(25)29)5-2-6-16(15)24-32(30,31)19-9-10-22-26(19)11-13-3-1-4-13/h2,5-6,9-10,13,17,24H,1,3-4,7-8,11-12H2,(H,23,27,28). The minimum atomic E-state index is -3.93. The van der Waals surface area contributed by atoms with Gasteiger partial charge in [-0.25, -0.2) is 0 Å². The molecule has 1 aliphatic carbocycles. The molecule has 0 radical (unpaired) electrons. The number of sulfonamides is 1. The van der Waals surface area contributed by atoms with Crippen molar-refractivity contribution < 1.29 is 22.8 Å². The minimum absolute atomic E-state index is 0.0772. The summed E-state index contributed by atoms with van der Waals surface area (Å²) in [6.07, 6.45) is 5.15. The van der Waals surface area contributed by atoms with E-state index in [4.69, 9.17) is 0 Å². The van der Waals surface area contributed by atoms with Crippen molar-refractivity contribution in [3.63, 3.8) is 0 Å². The van der Waals surface area contributed by atoms with Gasteiger partial charge in [-0.05, 0) is 43.4 Å². The summed E-state index contributed by atoms with van der Waals surface area (Å²) in [4.78, 5) is 38.1. The molecule has 5 rings (SSSR count). The van der Waals surface area contributed by atoms with Crippen LogP contribution in [-0.4, -0.2) is 46.9 Å². The number of imide groups is 1. The molecule has 2 aliphatic heterocycles. The largest absolute Gasteiger partial charge is 0.322 e. The molecule has 2 N–H and O–H groups in total. The van der Waals surface area contributed by atoms with Gasteiger partial charge in [0, 0.05) is 30.6 Å². The van der Waals surface area contributed by atoms with Gasteiger partial charge >= 0.3 is 0 Å². The number of hydrogen-bond acceptors (Lipinski definition) is 6. The van der Waals surface area contributed by atoms with Gasteiger partial charge in [-0.2, -0.15) is 13.5 Å². The molecule has 1 atom stereocenters. The minimum Gasteiger partial charge on any atom is -0.322 e. The molecule has 2 aromatic rings. The molecule has 1 unspecified atom stereocenters. The highest BCUT2D eigenvalue weighted by molar-refractivity contribution is 7.92. The van der Waals surface area contributed by atoms with Crippen LogP contribution < -0.4 is 10.0 Å². The van der Waals surface area contributed by atoms with E-state index >= 15 is 0 Å². The van der Waals surface area contributed by atoms with Gasteiger partial charge in [0.2, 0.25) is 11.8 Å². The zero-order valence-electron chi connectivity index (χ0n) is 17.3. The number of carbonyl (C=O) groups excluding carboxylic acids is 3. The maximum Gasteiger partial charge on any atom is 0.279 e. The Kier molecular flexibility index (Phi) is 5.00. The molecule has 1 saturated carbocycles. The van der Waals surface area contributed by atoms with E-state index in [0.717, 1.165) is 19.3 Å². The number of carbonyl (C=O) groups is 3. The van der Waals surface area contributed by atoms with Crippen molar-refractivity contribution >= 4 is 33.4 Å². The number of benzene rings is 1. The van der Waals surface area contributed by atoms with Crippen LogP contribution in [0, 0.1) is 5.92 Å². The van der Waals surface area contributed by atoms with Gasteiger partial charge in [0.15, 0.2) is 5.03 Å². The maximum atomic E-state index is 13.2. The SMILES string of the molecule is O=C1CCC(N2Cc3c(NS(=O)(=O)c4ccnn4CC4CCC4)cccc3C2=O)C(=O)N1. The van der Waals surface area contributed by atoms with Crippen LogP contribution >= 0.6 is 0 Å². The lowest BCUT2D eigenvalue weighted by Crippen LogP contribution is -2.52. The molecule has 10 nitrogen and oxygen atoms in total. The highest BCUT2D eigenvalue weighted by Gasteiger charge is 2.40. The Morgan fingerprint density at radius 3 is 2.66 bits per heavy atom. The molecule has 32 heavy (non-hydrogen) atoms. The first-order chi connectivity index (χ1) is 15.3. The van der Waals surface area contributed by atoms with Crippen LogP contribution in [-0.2, 0) is 32.7 Å². The van der Waals surface area contributed by atoms with Crippen molar-refractivity contribution in [3.05, 3.63) is 41.6 Å². The summed E-state index contributed by atoms with van der Waals surface area (Å²) in [5.41, 5.74) is 1.15. The van der Waals surface area contributed by atoms with Crippen LogP contribution in [0.15, 0.2) is 35.5 Å². The van der Waals surface area contributed by atoms with E-state index in [1.807, 2.05) is 0 Å². The summed E-state index contributed by atoms with van der Waals surface area (Å²) < 4.78 is 30.4. The second-order valence-corrected chi connectivity index (χ2v) is 10.1. The smallest absolute Gasteiger partial charge is 0.279 e. The third-order valence-corrected chi connectivity index (χ3v) is 7.82. The number of fused-ring (bicyclic) bond motifs is 1. The third-order valence-electron chi connectivity index (χ3n) is 6.44. The Bertz CT molecular complexity index is 1220. The highest BCUT2D eigenvalue weighted by atomic mass is 32.2. The Morgan fingerprint density at radius 1 is 1.12 bits per heavy atom. The van der Waals surface area contributed by atoms with Crippen molar-refractivity contribution in [2.45, 2.75) is 56.3 Å². The lowest BCUT2D eigenvalue weighted by Gasteiger charge is -2.29. The fourth-order valence-corrected chi connectivity index (χ4v) is 5.71. The number of hydrogen-bond donors (Lipinski definition) is 2. The van der Waals surface area contributed by atoms with Gasteiger partial charge in [0.05, 0.1) is 11.9 Å². The Morgan fingerprint density at radius 2 is 1.94 bits per heavy atom. The average molecular weight is 458 g/mol. The predicted octanol–water partition coefficient (Wildman–Crippen LogP) is 1.24. The molecular weight excluding hydrogens is 434 g/mol. The number of aromatic nitrogens is 2. The molecule has 3 amide bonds. The molecule has 3 heterocycles. The fourth-order valence-electron chi connectivity index (χ4n) is 4.48. The second-order valence-electron chi connectivity index (χ2n) is 8.49. The summed E-state index contributed by atoms with van der Waals surface area (Å²) in [6, 6.07) is 5.52. The van der Waals surface area contributed by atoms with Gasteiger partial charge < -0.3 is 4.90 Å². The van der Waals surface area contributed by atoms with Crippen LogP contribution in [0.1, 0.15) is 48.0 Å². The monoisotopic (exact) mass is 457 g/mol. The summed E-state index contributed by atoms with van der Waals surface area (Å²) >= 11 is 0. The van der Waals surface area contributed by atoms with Gasteiger partial charge in [-0.3, -0.25) is 29.1 Å². The topological polar surface area (TPSA) is 130 Å². The van der Waals surface area contributed by atoms with E-state index in [2.05, 4.69) is 15.1 Å². The molecule has 0 spiro atoms. The second kappa shape index (κ2) is 7.73. The zero-order valence-corrected chi connectivity index (χ0v) is 18.1. The molecule has 1 aromatic heterocycles. The first kappa shape index (κ1) is 20.7. The van der Waals surface area contributed by atoms with Gasteiger partial charge in [0.25, 0.3) is 15.9 Å². The summed E-state index contributed by atoms with van der Waals surface area (Å²) in [5.74, 6) is -0.790.